The minimum atomic E-state index is -2.76. The van der Waals surface area contributed by atoms with Gasteiger partial charge in [0.15, 0.2) is 0 Å². The molecule has 1 aliphatic rings. The van der Waals surface area contributed by atoms with Gasteiger partial charge in [-0.15, -0.1) is 11.8 Å². The quantitative estimate of drug-likeness (QED) is 0.191. The van der Waals surface area contributed by atoms with Crippen molar-refractivity contribution in [3.8, 4) is 0 Å². The minimum absolute atomic E-state index is 0.118. The highest BCUT2D eigenvalue weighted by atomic mass is 32.2. The zero-order valence-electron chi connectivity index (χ0n) is 22.1. The normalized spacial score (nSPS) is 19.8. The Morgan fingerprint density at radius 1 is 0.737 bits per heavy atom. The number of ether oxygens (including phenoxy) is 1. The molecule has 3 atom stereocenters. The smallest absolute Gasteiger partial charge is 0.320 e. The van der Waals surface area contributed by atoms with E-state index >= 15 is 0 Å². The lowest BCUT2D eigenvalue weighted by Gasteiger charge is -2.43. The number of hydrogen-bond acceptors (Lipinski definition) is 4. The van der Waals surface area contributed by atoms with Crippen LogP contribution in [0, 0.1) is 0 Å². The molecule has 1 heterocycles. The Bertz CT molecular complexity index is 1290. The minimum Gasteiger partial charge on any atom is -0.458 e. The molecule has 0 amide bonds. The van der Waals surface area contributed by atoms with Crippen LogP contribution in [0.5, 0.6) is 0 Å². The Balaban J connectivity index is 1.53. The Morgan fingerprint density at radius 2 is 1.21 bits per heavy atom. The van der Waals surface area contributed by atoms with Crippen molar-refractivity contribution < 1.29 is 14.0 Å². The van der Waals surface area contributed by atoms with Crippen molar-refractivity contribution in [3.63, 3.8) is 0 Å². The first-order valence-electron chi connectivity index (χ1n) is 13.1. The summed E-state index contributed by atoms with van der Waals surface area (Å²) in [6.07, 6.45) is -0.382. The van der Waals surface area contributed by atoms with Crippen molar-refractivity contribution >= 4 is 36.4 Å². The van der Waals surface area contributed by atoms with E-state index in [9.17, 15) is 4.79 Å². The molecule has 4 aromatic carbocycles. The largest absolute Gasteiger partial charge is 0.458 e. The molecule has 0 unspecified atom stereocenters. The summed E-state index contributed by atoms with van der Waals surface area (Å²) >= 11 is 1.58. The van der Waals surface area contributed by atoms with Gasteiger partial charge in [-0.05, 0) is 33.1 Å². The Hall–Kier alpha value is -3.12. The van der Waals surface area contributed by atoms with Crippen LogP contribution < -0.4 is 10.4 Å². The molecular weight excluding hydrogens is 505 g/mol. The molecule has 0 aromatic heterocycles. The summed E-state index contributed by atoms with van der Waals surface area (Å²) < 4.78 is 13.3. The fourth-order valence-electron chi connectivity index (χ4n) is 5.57. The van der Waals surface area contributed by atoms with Gasteiger partial charge >= 0.3 is 5.97 Å². The molecule has 4 aromatic rings. The van der Waals surface area contributed by atoms with Gasteiger partial charge in [0, 0.05) is 10.8 Å². The molecule has 5 heteroatoms. The lowest BCUT2D eigenvalue weighted by molar-refractivity contribution is -0.142. The summed E-state index contributed by atoms with van der Waals surface area (Å²) in [6, 6.07) is 41.6. The lowest BCUT2D eigenvalue weighted by atomic mass is 9.92. The maximum Gasteiger partial charge on any atom is 0.320 e. The van der Waals surface area contributed by atoms with E-state index in [-0.39, 0.29) is 28.3 Å². The van der Waals surface area contributed by atoms with Crippen molar-refractivity contribution in [1.29, 1.82) is 0 Å². The summed E-state index contributed by atoms with van der Waals surface area (Å²) in [4.78, 5) is 14.4. The van der Waals surface area contributed by atoms with E-state index < -0.39 is 8.32 Å². The molecule has 194 valence electrons. The zero-order valence-corrected chi connectivity index (χ0v) is 23.9. The molecule has 0 saturated carbocycles. The summed E-state index contributed by atoms with van der Waals surface area (Å²) in [5.74, 6) is -0.295. The first-order chi connectivity index (χ1) is 18.4. The van der Waals surface area contributed by atoms with Crippen molar-refractivity contribution in [2.75, 3.05) is 6.61 Å². The average Bonchev–Trinajstić information content (AvgIpc) is 3.25. The highest BCUT2D eigenvalue weighted by molar-refractivity contribution is 8.00. The van der Waals surface area contributed by atoms with Gasteiger partial charge in [-0.3, -0.25) is 4.79 Å². The Morgan fingerprint density at radius 3 is 1.71 bits per heavy atom. The van der Waals surface area contributed by atoms with Crippen LogP contribution in [0.1, 0.15) is 32.3 Å². The molecule has 0 spiro atoms. The molecule has 5 rings (SSSR count). The number of thioether (sulfide) groups is 1. The molecule has 0 aliphatic carbocycles. The van der Waals surface area contributed by atoms with Gasteiger partial charge in [0.2, 0.25) is 0 Å². The van der Waals surface area contributed by atoms with E-state index in [1.54, 1.807) is 11.8 Å². The van der Waals surface area contributed by atoms with Crippen LogP contribution in [-0.4, -0.2) is 32.2 Å². The van der Waals surface area contributed by atoms with Crippen molar-refractivity contribution in [2.45, 2.75) is 48.0 Å². The molecule has 1 saturated heterocycles. The van der Waals surface area contributed by atoms with E-state index in [1.165, 1.54) is 10.4 Å². The predicted octanol–water partition coefficient (Wildman–Crippen LogP) is 6.43. The molecule has 3 nitrogen and oxygen atoms in total. The highest BCUT2D eigenvalue weighted by Crippen LogP contribution is 2.44. The second-order valence-corrected chi connectivity index (χ2v) is 16.3. The maximum absolute atomic E-state index is 13.3. The van der Waals surface area contributed by atoms with Gasteiger partial charge < -0.3 is 9.16 Å². The highest BCUT2D eigenvalue weighted by Gasteiger charge is 2.53. The van der Waals surface area contributed by atoms with Gasteiger partial charge in [-0.1, -0.05) is 130 Å². The summed E-state index contributed by atoms with van der Waals surface area (Å²) in [5.41, 5.74) is 1.10. The number of esters is 1. The van der Waals surface area contributed by atoms with Gasteiger partial charge in [0.1, 0.15) is 11.4 Å². The predicted molar refractivity (Wildman–Crippen MR) is 159 cm³/mol. The average molecular weight is 539 g/mol. The van der Waals surface area contributed by atoms with E-state index in [4.69, 9.17) is 9.16 Å². The van der Waals surface area contributed by atoms with Crippen molar-refractivity contribution in [3.05, 3.63) is 127 Å². The van der Waals surface area contributed by atoms with Crippen LogP contribution in [0.3, 0.4) is 0 Å². The molecule has 0 N–H and O–H groups in total. The Kier molecular flexibility index (Phi) is 7.89. The monoisotopic (exact) mass is 538 g/mol. The second-order valence-electron chi connectivity index (χ2n) is 10.7. The van der Waals surface area contributed by atoms with Crippen LogP contribution in [0.2, 0.25) is 5.04 Å². The number of carbonyl (C=O) groups excluding carboxylic acids is 1. The van der Waals surface area contributed by atoms with Gasteiger partial charge in [0.05, 0.1) is 6.61 Å². The van der Waals surface area contributed by atoms with Crippen molar-refractivity contribution in [2.24, 2.45) is 0 Å². The van der Waals surface area contributed by atoms with Gasteiger partial charge in [-0.25, -0.2) is 0 Å². The lowest BCUT2D eigenvalue weighted by Crippen LogP contribution is -2.67. The number of rotatable bonds is 8. The van der Waals surface area contributed by atoms with E-state index in [2.05, 4.69) is 81.4 Å². The third kappa shape index (κ3) is 5.24. The fourth-order valence-corrected chi connectivity index (χ4v) is 11.4. The van der Waals surface area contributed by atoms with Crippen LogP contribution in [0.25, 0.3) is 0 Å². The number of benzene rings is 4. The topological polar surface area (TPSA) is 35.5 Å². The third-order valence-electron chi connectivity index (χ3n) is 7.30. The molecule has 38 heavy (non-hydrogen) atoms. The summed E-state index contributed by atoms with van der Waals surface area (Å²) in [7, 11) is -2.76. The SMILES string of the molecule is CC(C)(C)[Si](OC[C@H]1OC(=O)[C@@H](Sc2ccccc2)[C@@H]1c1ccccc1)(c1ccccc1)c1ccccc1. The van der Waals surface area contributed by atoms with Crippen LogP contribution in [-0.2, 0) is 14.0 Å². The number of carbonyl (C=O) groups is 1. The van der Waals surface area contributed by atoms with Gasteiger partial charge in [-0.2, -0.15) is 0 Å². The third-order valence-corrected chi connectivity index (χ3v) is 13.6. The first kappa shape index (κ1) is 26.5. The maximum atomic E-state index is 13.3. The summed E-state index contributed by atoms with van der Waals surface area (Å²) in [5, 5.41) is 1.94. The molecule has 0 bridgehead atoms. The van der Waals surface area contributed by atoms with Crippen LogP contribution in [0.4, 0.5) is 0 Å². The van der Waals surface area contributed by atoms with E-state index in [1.807, 2.05) is 60.7 Å². The summed E-state index contributed by atoms with van der Waals surface area (Å²) in [6.45, 7) is 7.14. The first-order valence-corrected chi connectivity index (χ1v) is 15.9. The van der Waals surface area contributed by atoms with Gasteiger partial charge in [0.25, 0.3) is 8.32 Å². The standard InChI is InChI=1S/C33H34O3SSi/c1-33(2,3)38(27-20-12-6-13-21-27,28-22-14-7-15-23-28)35-24-29-30(25-16-8-4-9-17-25)31(32(34)36-29)37-26-18-10-5-11-19-26/h4-23,29-31H,24H2,1-3H3/t29-,30-,31+/m1/s1. The Labute approximate surface area is 231 Å². The molecule has 1 fully saturated rings. The van der Waals surface area contributed by atoms with Crippen LogP contribution in [0.15, 0.2) is 126 Å². The molecule has 1 aliphatic heterocycles. The fraction of sp³-hybridized carbons (Fsp3) is 0.242. The second kappa shape index (κ2) is 11.3. The number of hydrogen-bond donors (Lipinski definition) is 0. The molecule has 0 radical (unpaired) electrons. The van der Waals surface area contributed by atoms with E-state index in [0.29, 0.717) is 6.61 Å². The van der Waals surface area contributed by atoms with Crippen molar-refractivity contribution in [1.82, 2.24) is 0 Å². The molecular formula is C33H34O3SSi. The number of cyclic esters (lactones) is 1. The van der Waals surface area contributed by atoms with E-state index in [0.717, 1.165) is 10.5 Å². The zero-order chi connectivity index (χ0) is 26.6. The van der Waals surface area contributed by atoms with Crippen LogP contribution >= 0.6 is 11.8 Å².